The smallest absolute Gasteiger partial charge is 0.331 e. The zero-order valence-electron chi connectivity index (χ0n) is 6.09. The summed E-state index contributed by atoms with van der Waals surface area (Å²) in [5.41, 5.74) is 0. The number of carbonyl (C=O) groups excluding carboxylic acids is 1. The van der Waals surface area contributed by atoms with Crippen LogP contribution < -0.4 is 0 Å². The number of alkyl halides is 1. The highest BCUT2D eigenvalue weighted by atomic mass is 35.5. The van der Waals surface area contributed by atoms with Crippen molar-refractivity contribution in [2.45, 2.75) is 12.3 Å². The van der Waals surface area contributed by atoms with Gasteiger partial charge in [-0.2, -0.15) is 0 Å². The van der Waals surface area contributed by atoms with Crippen molar-refractivity contribution in [3.8, 4) is 0 Å². The Bertz CT molecular complexity index is 103. The Morgan fingerprint density at radius 3 is 2.70 bits per heavy atom. The van der Waals surface area contributed by atoms with Gasteiger partial charge in [0.05, 0.1) is 19.1 Å². The summed E-state index contributed by atoms with van der Waals surface area (Å²) in [4.78, 5) is 10.4. The van der Waals surface area contributed by atoms with Crippen LogP contribution in [0.1, 0.15) is 6.92 Å². The minimum atomic E-state index is -0.377. The molecule has 0 amide bonds. The van der Waals surface area contributed by atoms with Crippen molar-refractivity contribution in [3.63, 3.8) is 0 Å². The largest absolute Gasteiger partial charge is 0.467 e. The molecule has 0 aromatic carbocycles. The predicted molar refractivity (Wildman–Crippen MR) is 38.2 cm³/mol. The number of methoxy groups -OCH3 is 1. The van der Waals surface area contributed by atoms with Gasteiger partial charge in [0.15, 0.2) is 0 Å². The van der Waals surface area contributed by atoms with Gasteiger partial charge >= 0.3 is 5.97 Å². The van der Waals surface area contributed by atoms with Crippen LogP contribution in [0.5, 0.6) is 0 Å². The van der Waals surface area contributed by atoms with Gasteiger partial charge in [-0.25, -0.2) is 4.79 Å². The first-order valence-corrected chi connectivity index (χ1v) is 3.39. The van der Waals surface area contributed by atoms with E-state index in [9.17, 15) is 4.79 Å². The Morgan fingerprint density at radius 1 is 1.70 bits per heavy atom. The summed E-state index contributed by atoms with van der Waals surface area (Å²) in [5.74, 6) is -0.377. The molecular weight excluding hydrogens is 156 g/mol. The molecular formula is C6H11ClO3. The van der Waals surface area contributed by atoms with E-state index in [0.717, 1.165) is 0 Å². The minimum absolute atomic E-state index is 0.0203. The van der Waals surface area contributed by atoms with Crippen LogP contribution >= 0.6 is 11.6 Å². The van der Waals surface area contributed by atoms with Crippen LogP contribution in [-0.4, -0.2) is 31.7 Å². The van der Waals surface area contributed by atoms with Crippen molar-refractivity contribution in [2.24, 2.45) is 0 Å². The number of hydrogen-bond acceptors (Lipinski definition) is 3. The summed E-state index contributed by atoms with van der Waals surface area (Å²) in [6.45, 7) is 2.14. The van der Waals surface area contributed by atoms with E-state index in [2.05, 4.69) is 4.74 Å². The van der Waals surface area contributed by atoms with Gasteiger partial charge in [0.2, 0.25) is 0 Å². The lowest BCUT2D eigenvalue weighted by molar-refractivity contribution is -0.145. The molecule has 0 bridgehead atoms. The highest BCUT2D eigenvalue weighted by Crippen LogP contribution is 1.93. The standard InChI is InChI=1S/C6H11ClO3/c1-5(7)3-10-4-6(8)9-2/h5H,3-4H2,1-2H3. The Labute approximate surface area is 65.3 Å². The third-order valence-corrected chi connectivity index (χ3v) is 0.921. The molecule has 0 aromatic rings. The second kappa shape index (κ2) is 5.50. The fourth-order valence-electron chi connectivity index (χ4n) is 0.364. The zero-order valence-corrected chi connectivity index (χ0v) is 6.85. The van der Waals surface area contributed by atoms with Crippen LogP contribution in [0.15, 0.2) is 0 Å². The molecule has 1 atom stereocenters. The maximum Gasteiger partial charge on any atom is 0.331 e. The molecule has 10 heavy (non-hydrogen) atoms. The van der Waals surface area contributed by atoms with Gasteiger partial charge in [-0.15, -0.1) is 11.6 Å². The van der Waals surface area contributed by atoms with Crippen LogP contribution in [0.25, 0.3) is 0 Å². The molecule has 0 aliphatic heterocycles. The van der Waals surface area contributed by atoms with Crippen molar-refractivity contribution >= 4 is 17.6 Å². The highest BCUT2D eigenvalue weighted by Gasteiger charge is 2.00. The third-order valence-electron chi connectivity index (χ3n) is 0.795. The maximum atomic E-state index is 10.4. The second-order valence-corrected chi connectivity index (χ2v) is 2.62. The molecule has 60 valence electrons. The van der Waals surface area contributed by atoms with Gasteiger partial charge in [0.1, 0.15) is 6.61 Å². The van der Waals surface area contributed by atoms with Gasteiger partial charge in [-0.3, -0.25) is 0 Å². The van der Waals surface area contributed by atoms with E-state index in [0.29, 0.717) is 6.61 Å². The Balaban J connectivity index is 3.12. The summed E-state index contributed by atoms with van der Waals surface area (Å²) >= 11 is 5.53. The normalized spacial score (nSPS) is 12.7. The summed E-state index contributed by atoms with van der Waals surface area (Å²) in [6, 6.07) is 0. The van der Waals surface area contributed by atoms with E-state index >= 15 is 0 Å². The average molecular weight is 167 g/mol. The minimum Gasteiger partial charge on any atom is -0.467 e. The van der Waals surface area contributed by atoms with Crippen LogP contribution in [0.2, 0.25) is 0 Å². The van der Waals surface area contributed by atoms with Crippen molar-refractivity contribution < 1.29 is 14.3 Å². The molecule has 0 fully saturated rings. The van der Waals surface area contributed by atoms with Crippen molar-refractivity contribution in [1.29, 1.82) is 0 Å². The lowest BCUT2D eigenvalue weighted by Crippen LogP contribution is -2.14. The third kappa shape index (κ3) is 5.85. The lowest BCUT2D eigenvalue weighted by atomic mass is 10.5. The molecule has 0 rings (SSSR count). The van der Waals surface area contributed by atoms with Crippen molar-refractivity contribution in [2.75, 3.05) is 20.3 Å². The Kier molecular flexibility index (Phi) is 5.35. The average Bonchev–Trinajstić information content (AvgIpc) is 1.87. The molecule has 0 saturated heterocycles. The van der Waals surface area contributed by atoms with Crippen molar-refractivity contribution in [3.05, 3.63) is 0 Å². The van der Waals surface area contributed by atoms with Crippen LogP contribution in [-0.2, 0) is 14.3 Å². The first-order valence-electron chi connectivity index (χ1n) is 2.95. The summed E-state index contributed by atoms with van der Waals surface area (Å²) < 4.78 is 9.17. The number of rotatable bonds is 4. The van der Waals surface area contributed by atoms with E-state index in [4.69, 9.17) is 16.3 Å². The summed E-state index contributed by atoms with van der Waals surface area (Å²) in [6.07, 6.45) is 0. The summed E-state index contributed by atoms with van der Waals surface area (Å²) in [7, 11) is 1.32. The number of carbonyl (C=O) groups is 1. The molecule has 0 saturated carbocycles. The lowest BCUT2D eigenvalue weighted by Gasteiger charge is -2.02. The van der Waals surface area contributed by atoms with E-state index in [1.54, 1.807) is 6.92 Å². The first-order chi connectivity index (χ1) is 4.66. The second-order valence-electron chi connectivity index (χ2n) is 1.87. The molecule has 0 N–H and O–H groups in total. The van der Waals surface area contributed by atoms with Gasteiger partial charge in [-0.1, -0.05) is 0 Å². The molecule has 0 aliphatic rings. The molecule has 3 nitrogen and oxygen atoms in total. The number of halogens is 1. The highest BCUT2D eigenvalue weighted by molar-refractivity contribution is 6.20. The molecule has 0 radical (unpaired) electrons. The fourth-order valence-corrected chi connectivity index (χ4v) is 0.453. The fraction of sp³-hybridized carbons (Fsp3) is 0.833. The quantitative estimate of drug-likeness (QED) is 0.458. The Morgan fingerprint density at radius 2 is 2.30 bits per heavy atom. The molecule has 0 heterocycles. The van der Waals surface area contributed by atoms with Crippen LogP contribution in [0, 0.1) is 0 Å². The van der Waals surface area contributed by atoms with E-state index in [1.165, 1.54) is 7.11 Å². The van der Waals surface area contributed by atoms with Gasteiger partial charge in [0, 0.05) is 0 Å². The summed E-state index contributed by atoms with van der Waals surface area (Å²) in [5, 5.41) is -0.0651. The maximum absolute atomic E-state index is 10.4. The number of ether oxygens (including phenoxy) is 2. The van der Waals surface area contributed by atoms with Gasteiger partial charge < -0.3 is 9.47 Å². The van der Waals surface area contributed by atoms with E-state index in [1.807, 2.05) is 0 Å². The van der Waals surface area contributed by atoms with Crippen LogP contribution in [0.4, 0.5) is 0 Å². The van der Waals surface area contributed by atoms with E-state index in [-0.39, 0.29) is 18.0 Å². The van der Waals surface area contributed by atoms with Crippen molar-refractivity contribution in [1.82, 2.24) is 0 Å². The monoisotopic (exact) mass is 166 g/mol. The Hall–Kier alpha value is -0.280. The van der Waals surface area contributed by atoms with Gasteiger partial charge in [0.25, 0.3) is 0 Å². The molecule has 4 heteroatoms. The molecule has 0 aliphatic carbocycles. The molecule has 0 aromatic heterocycles. The zero-order chi connectivity index (χ0) is 7.98. The number of hydrogen-bond donors (Lipinski definition) is 0. The molecule has 1 unspecified atom stereocenters. The molecule has 0 spiro atoms. The van der Waals surface area contributed by atoms with Gasteiger partial charge in [-0.05, 0) is 6.92 Å². The number of esters is 1. The predicted octanol–water partition coefficient (Wildman–Crippen LogP) is 0.803. The van der Waals surface area contributed by atoms with Crippen LogP contribution in [0.3, 0.4) is 0 Å². The van der Waals surface area contributed by atoms with E-state index < -0.39 is 0 Å². The topological polar surface area (TPSA) is 35.5 Å². The first kappa shape index (κ1) is 9.72. The SMILES string of the molecule is COC(=O)COCC(C)Cl.